The summed E-state index contributed by atoms with van der Waals surface area (Å²) in [4.78, 5) is 0. The summed E-state index contributed by atoms with van der Waals surface area (Å²) in [6.07, 6.45) is 0. The molecule has 0 heteroatoms. The Hall–Kier alpha value is -5.46. The van der Waals surface area contributed by atoms with Crippen LogP contribution in [0.2, 0.25) is 0 Å². The lowest BCUT2D eigenvalue weighted by atomic mass is 9.94. The molecular weight excluding hydrogens is 504 g/mol. The SMILES string of the molecule is c1ccc2c(c1)ccc1cc3cc(-c4ccc(-c5ccc6cc7c(ccc8ccccc87)cc6c5)cc4)ccc3cc12. The molecular formula is C42H26. The molecule has 9 rings (SSSR count). The van der Waals surface area contributed by atoms with Gasteiger partial charge in [-0.15, -0.1) is 0 Å². The standard InChI is InChI=1S/C42H26/c1-3-7-39-29(5-1)13-19-35-23-37-21-31(15-17-33(37)25-41(35)39)27-9-11-28(12-10-27)32-16-18-34-26-42-36(24-38(34)22-32)20-14-30-6-2-4-8-40(30)42/h1-26H. The fraction of sp³-hybridized carbons (Fsp3) is 0. The maximum Gasteiger partial charge on any atom is -0.00990 e. The maximum absolute atomic E-state index is 2.34. The Morgan fingerprint density at radius 3 is 1.05 bits per heavy atom. The fourth-order valence-electron chi connectivity index (χ4n) is 6.72. The van der Waals surface area contributed by atoms with Crippen molar-refractivity contribution < 1.29 is 0 Å². The number of fused-ring (bicyclic) bond motifs is 8. The Labute approximate surface area is 244 Å². The average Bonchev–Trinajstić information content (AvgIpc) is 3.06. The minimum absolute atomic E-state index is 1.23. The van der Waals surface area contributed by atoms with E-state index in [1.54, 1.807) is 0 Å². The molecule has 0 fully saturated rings. The highest BCUT2D eigenvalue weighted by Gasteiger charge is 2.08. The van der Waals surface area contributed by atoms with Crippen LogP contribution in [0.15, 0.2) is 158 Å². The van der Waals surface area contributed by atoms with Gasteiger partial charge in [-0.25, -0.2) is 0 Å². The molecule has 0 aromatic heterocycles. The van der Waals surface area contributed by atoms with Crippen LogP contribution in [0.1, 0.15) is 0 Å². The smallest absolute Gasteiger partial charge is 0.00990 e. The third-order valence-corrected chi connectivity index (χ3v) is 8.96. The highest BCUT2D eigenvalue weighted by atomic mass is 14.1. The molecule has 0 spiro atoms. The first-order valence-electron chi connectivity index (χ1n) is 14.6. The third-order valence-electron chi connectivity index (χ3n) is 8.96. The van der Waals surface area contributed by atoms with E-state index in [4.69, 9.17) is 0 Å². The van der Waals surface area contributed by atoms with Gasteiger partial charge in [-0.05, 0) is 123 Å². The highest BCUT2D eigenvalue weighted by molar-refractivity contribution is 6.13. The molecule has 0 unspecified atom stereocenters. The van der Waals surface area contributed by atoms with Gasteiger partial charge in [0, 0.05) is 0 Å². The van der Waals surface area contributed by atoms with E-state index in [0.717, 1.165) is 0 Å². The lowest BCUT2D eigenvalue weighted by Gasteiger charge is -2.10. The summed E-state index contributed by atoms with van der Waals surface area (Å²) in [5, 5.41) is 15.5. The van der Waals surface area contributed by atoms with Gasteiger partial charge in [0.15, 0.2) is 0 Å². The average molecular weight is 531 g/mol. The molecule has 0 nitrogen and oxygen atoms in total. The van der Waals surface area contributed by atoms with Crippen molar-refractivity contribution in [1.29, 1.82) is 0 Å². The monoisotopic (exact) mass is 530 g/mol. The van der Waals surface area contributed by atoms with Crippen molar-refractivity contribution in [2.24, 2.45) is 0 Å². The predicted molar refractivity (Wildman–Crippen MR) is 182 cm³/mol. The summed E-state index contributed by atoms with van der Waals surface area (Å²) in [5.41, 5.74) is 4.95. The summed E-state index contributed by atoms with van der Waals surface area (Å²) in [6, 6.07) is 58.2. The topological polar surface area (TPSA) is 0 Å². The minimum Gasteiger partial charge on any atom is -0.0616 e. The number of rotatable bonds is 2. The zero-order valence-corrected chi connectivity index (χ0v) is 23.0. The summed E-state index contributed by atoms with van der Waals surface area (Å²) in [7, 11) is 0. The quantitative estimate of drug-likeness (QED) is 0.154. The lowest BCUT2D eigenvalue weighted by Crippen LogP contribution is -1.84. The molecule has 0 saturated carbocycles. The van der Waals surface area contributed by atoms with Crippen LogP contribution < -0.4 is 0 Å². The predicted octanol–water partition coefficient (Wildman–Crippen LogP) is 11.9. The van der Waals surface area contributed by atoms with Crippen molar-refractivity contribution in [3.63, 3.8) is 0 Å². The summed E-state index contributed by atoms with van der Waals surface area (Å²) >= 11 is 0. The van der Waals surface area contributed by atoms with Crippen LogP contribution in [0.3, 0.4) is 0 Å². The van der Waals surface area contributed by atoms with Crippen LogP contribution in [-0.4, -0.2) is 0 Å². The van der Waals surface area contributed by atoms with Gasteiger partial charge in [0.1, 0.15) is 0 Å². The van der Waals surface area contributed by atoms with E-state index in [1.165, 1.54) is 86.9 Å². The third kappa shape index (κ3) is 3.70. The molecule has 0 aliphatic heterocycles. The molecule has 0 bridgehead atoms. The van der Waals surface area contributed by atoms with E-state index >= 15 is 0 Å². The molecule has 0 atom stereocenters. The number of hydrogen-bond acceptors (Lipinski definition) is 0. The highest BCUT2D eigenvalue weighted by Crippen LogP contribution is 2.34. The molecule has 9 aromatic rings. The number of hydrogen-bond donors (Lipinski definition) is 0. The van der Waals surface area contributed by atoms with Crippen molar-refractivity contribution in [3.05, 3.63) is 158 Å². The van der Waals surface area contributed by atoms with Gasteiger partial charge in [0.05, 0.1) is 0 Å². The maximum atomic E-state index is 2.34. The summed E-state index contributed by atoms with van der Waals surface area (Å²) in [5.74, 6) is 0. The van der Waals surface area contributed by atoms with Gasteiger partial charge >= 0.3 is 0 Å². The zero-order valence-electron chi connectivity index (χ0n) is 23.0. The zero-order chi connectivity index (χ0) is 27.6. The van der Waals surface area contributed by atoms with Gasteiger partial charge in [-0.1, -0.05) is 121 Å². The Balaban J connectivity index is 1.08. The molecule has 42 heavy (non-hydrogen) atoms. The van der Waals surface area contributed by atoms with E-state index in [0.29, 0.717) is 0 Å². The fourth-order valence-corrected chi connectivity index (χ4v) is 6.72. The van der Waals surface area contributed by atoms with E-state index in [9.17, 15) is 0 Å². The molecule has 0 saturated heterocycles. The second-order valence-electron chi connectivity index (χ2n) is 11.4. The molecule has 0 aliphatic rings. The van der Waals surface area contributed by atoms with Gasteiger partial charge in [0.25, 0.3) is 0 Å². The second-order valence-corrected chi connectivity index (χ2v) is 11.4. The van der Waals surface area contributed by atoms with Gasteiger partial charge in [-0.2, -0.15) is 0 Å². The van der Waals surface area contributed by atoms with Crippen LogP contribution in [-0.2, 0) is 0 Å². The van der Waals surface area contributed by atoms with Crippen LogP contribution in [0.25, 0.3) is 86.9 Å². The van der Waals surface area contributed by atoms with Crippen molar-refractivity contribution >= 4 is 64.6 Å². The van der Waals surface area contributed by atoms with Crippen LogP contribution in [0, 0.1) is 0 Å². The molecule has 0 aliphatic carbocycles. The molecule has 0 heterocycles. The Morgan fingerprint density at radius 2 is 0.571 bits per heavy atom. The van der Waals surface area contributed by atoms with E-state index in [-0.39, 0.29) is 0 Å². The molecule has 0 N–H and O–H groups in total. The largest absolute Gasteiger partial charge is 0.0616 e. The Bertz CT molecular complexity index is 2320. The van der Waals surface area contributed by atoms with Crippen LogP contribution in [0.4, 0.5) is 0 Å². The first-order chi connectivity index (χ1) is 20.8. The number of benzene rings is 9. The van der Waals surface area contributed by atoms with Crippen molar-refractivity contribution in [2.75, 3.05) is 0 Å². The minimum atomic E-state index is 1.23. The Kier molecular flexibility index (Phi) is 5.00. The molecule has 194 valence electrons. The first kappa shape index (κ1) is 23.3. The molecule has 0 radical (unpaired) electrons. The Morgan fingerprint density at radius 1 is 0.190 bits per heavy atom. The first-order valence-corrected chi connectivity index (χ1v) is 14.6. The molecule has 9 aromatic carbocycles. The van der Waals surface area contributed by atoms with Gasteiger partial charge in [0.2, 0.25) is 0 Å². The lowest BCUT2D eigenvalue weighted by molar-refractivity contribution is 1.62. The second kappa shape index (κ2) is 9.03. The van der Waals surface area contributed by atoms with Crippen LogP contribution in [0.5, 0.6) is 0 Å². The van der Waals surface area contributed by atoms with Crippen molar-refractivity contribution in [2.45, 2.75) is 0 Å². The van der Waals surface area contributed by atoms with Gasteiger partial charge in [-0.3, -0.25) is 0 Å². The van der Waals surface area contributed by atoms with Crippen molar-refractivity contribution in [1.82, 2.24) is 0 Å². The van der Waals surface area contributed by atoms with Gasteiger partial charge < -0.3 is 0 Å². The van der Waals surface area contributed by atoms with Crippen LogP contribution >= 0.6 is 0 Å². The van der Waals surface area contributed by atoms with Crippen molar-refractivity contribution in [3.8, 4) is 22.3 Å². The summed E-state index contributed by atoms with van der Waals surface area (Å²) < 4.78 is 0. The summed E-state index contributed by atoms with van der Waals surface area (Å²) in [6.45, 7) is 0. The normalized spacial score (nSPS) is 11.8. The molecule has 0 amide bonds. The van der Waals surface area contributed by atoms with E-state index in [2.05, 4.69) is 158 Å². The van der Waals surface area contributed by atoms with E-state index < -0.39 is 0 Å². The van der Waals surface area contributed by atoms with E-state index in [1.807, 2.05) is 0 Å².